The molecule has 0 bridgehead atoms. The van der Waals surface area contributed by atoms with Crippen LogP contribution in [-0.4, -0.2) is 16.5 Å². The minimum atomic E-state index is 0.849. The Kier molecular flexibility index (Phi) is 2.67. The first-order valence-electron chi connectivity index (χ1n) is 1.89. The molecule has 0 aliphatic heterocycles. The molecule has 0 amide bonds. The van der Waals surface area contributed by atoms with Gasteiger partial charge in [0.2, 0.25) is 0 Å². The molecule has 0 aromatic carbocycles. The summed E-state index contributed by atoms with van der Waals surface area (Å²) in [5.74, 6) is 0. The van der Waals surface area contributed by atoms with Gasteiger partial charge in [-0.2, -0.15) is 0 Å². The zero-order valence-electron chi connectivity index (χ0n) is 4.06. The van der Waals surface area contributed by atoms with Crippen LogP contribution in [0.15, 0.2) is 11.3 Å². The Morgan fingerprint density at radius 3 is 2.33 bits per heavy atom. The fourth-order valence-corrected chi connectivity index (χ4v) is 0.204. The highest BCUT2D eigenvalue weighted by Crippen LogP contribution is 1.77. The van der Waals surface area contributed by atoms with Crippen molar-refractivity contribution in [2.45, 2.75) is 6.92 Å². The van der Waals surface area contributed by atoms with E-state index in [1.54, 1.807) is 6.92 Å². The molecule has 34 valence electrons. The summed E-state index contributed by atoms with van der Waals surface area (Å²) in [6.07, 6.45) is 0.868. The highest BCUT2D eigenvalue weighted by Gasteiger charge is 1.72. The molecule has 0 spiro atoms. The van der Waals surface area contributed by atoms with Gasteiger partial charge in [-0.05, 0) is 12.5 Å². The molecule has 0 heterocycles. The molecule has 6 heavy (non-hydrogen) atoms. The predicted octanol–water partition coefficient (Wildman–Crippen LogP) is -0.546. The molecule has 0 aromatic rings. The molecule has 0 saturated heterocycles. The second-order valence-corrected chi connectivity index (χ2v) is 1.73. The van der Waals surface area contributed by atoms with Crippen molar-refractivity contribution in [2.24, 2.45) is 0 Å². The molecule has 0 aliphatic rings. The molecular formula is C4H8OSi. The Labute approximate surface area is 40.5 Å². The van der Waals surface area contributed by atoms with Gasteiger partial charge in [0.25, 0.3) is 0 Å². The van der Waals surface area contributed by atoms with Crippen LogP contribution in [0.5, 0.6) is 0 Å². The maximum Gasteiger partial charge on any atom is 0.145 e. The number of aldehydes is 1. The number of carbonyl (C=O) groups excluding carboxylic acids is 1. The first-order chi connectivity index (χ1) is 2.81. The lowest BCUT2D eigenvalue weighted by molar-refractivity contribution is -0.104. The molecule has 0 saturated carbocycles. The van der Waals surface area contributed by atoms with E-state index in [-0.39, 0.29) is 0 Å². The van der Waals surface area contributed by atoms with E-state index >= 15 is 0 Å². The van der Waals surface area contributed by atoms with Crippen molar-refractivity contribution >= 4 is 16.5 Å². The van der Waals surface area contributed by atoms with Gasteiger partial charge in [-0.25, -0.2) is 0 Å². The first kappa shape index (κ1) is 5.63. The Bertz CT molecular complexity index is 75.6. The molecule has 0 radical (unpaired) electrons. The molecule has 0 atom stereocenters. The summed E-state index contributed by atoms with van der Waals surface area (Å²) in [7, 11) is 0.989. The third-order valence-electron chi connectivity index (χ3n) is 0.641. The monoisotopic (exact) mass is 100 g/mol. The summed E-state index contributed by atoms with van der Waals surface area (Å²) in [6.45, 7) is 1.81. The second-order valence-electron chi connectivity index (χ2n) is 1.15. The highest BCUT2D eigenvalue weighted by molar-refractivity contribution is 6.18. The minimum Gasteiger partial charge on any atom is -0.298 e. The van der Waals surface area contributed by atoms with Crippen molar-refractivity contribution in [3.8, 4) is 0 Å². The van der Waals surface area contributed by atoms with Crippen molar-refractivity contribution in [1.29, 1.82) is 0 Å². The van der Waals surface area contributed by atoms with Gasteiger partial charge in [0, 0.05) is 10.2 Å². The van der Waals surface area contributed by atoms with E-state index in [4.69, 9.17) is 0 Å². The average molecular weight is 100 g/mol. The molecule has 0 fully saturated rings. The van der Waals surface area contributed by atoms with Crippen LogP contribution in [0.3, 0.4) is 0 Å². The van der Waals surface area contributed by atoms with Crippen LogP contribution >= 0.6 is 0 Å². The van der Waals surface area contributed by atoms with Crippen LogP contribution in [0.2, 0.25) is 0 Å². The third-order valence-corrected chi connectivity index (χ3v) is 1.55. The molecule has 0 aromatic heterocycles. The van der Waals surface area contributed by atoms with Crippen LogP contribution < -0.4 is 0 Å². The molecule has 2 heteroatoms. The summed E-state index contributed by atoms with van der Waals surface area (Å²) in [6, 6.07) is 0. The number of hydrogen-bond acceptors (Lipinski definition) is 1. The lowest BCUT2D eigenvalue weighted by Crippen LogP contribution is -1.72. The average Bonchev–Trinajstić information content (AvgIpc) is 1.65. The maximum atomic E-state index is 9.69. The first-order valence-corrected chi connectivity index (χ1v) is 3.05. The Hall–Kier alpha value is -0.373. The highest BCUT2D eigenvalue weighted by atomic mass is 28.1. The quantitative estimate of drug-likeness (QED) is 0.245. The van der Waals surface area contributed by atoms with Crippen molar-refractivity contribution in [2.75, 3.05) is 0 Å². The molecule has 0 rings (SSSR count). The van der Waals surface area contributed by atoms with Crippen molar-refractivity contribution in [3.05, 3.63) is 11.3 Å². The van der Waals surface area contributed by atoms with Crippen LogP contribution in [0, 0.1) is 0 Å². The van der Waals surface area contributed by atoms with Gasteiger partial charge in [0.05, 0.1) is 0 Å². The Morgan fingerprint density at radius 2 is 2.33 bits per heavy atom. The molecule has 0 N–H and O–H groups in total. The van der Waals surface area contributed by atoms with E-state index in [2.05, 4.69) is 0 Å². The lowest BCUT2D eigenvalue weighted by atomic mass is 10.4. The van der Waals surface area contributed by atoms with E-state index in [0.29, 0.717) is 0 Å². The summed E-state index contributed by atoms with van der Waals surface area (Å²) < 4.78 is 0. The zero-order valence-corrected chi connectivity index (χ0v) is 6.06. The predicted molar refractivity (Wildman–Crippen MR) is 29.8 cm³/mol. The number of hydrogen-bond donors (Lipinski definition) is 0. The number of allylic oxidation sites excluding steroid dienone is 1. The number of rotatable bonds is 1. The largest absolute Gasteiger partial charge is 0.298 e. The van der Waals surface area contributed by atoms with Crippen molar-refractivity contribution in [3.63, 3.8) is 0 Å². The summed E-state index contributed by atoms with van der Waals surface area (Å²) in [5, 5.41) is 0. The van der Waals surface area contributed by atoms with E-state index in [0.717, 1.165) is 22.1 Å². The Balaban J connectivity index is 3.50. The normalized spacial score (nSPS) is 11.8. The van der Waals surface area contributed by atoms with Crippen LogP contribution in [0.4, 0.5) is 0 Å². The summed E-state index contributed by atoms with van der Waals surface area (Å²) >= 11 is 0. The van der Waals surface area contributed by atoms with E-state index in [1.165, 1.54) is 0 Å². The zero-order chi connectivity index (χ0) is 4.99. The topological polar surface area (TPSA) is 17.1 Å². The van der Waals surface area contributed by atoms with Gasteiger partial charge < -0.3 is 0 Å². The molecule has 1 nitrogen and oxygen atoms in total. The van der Waals surface area contributed by atoms with Crippen LogP contribution in [0.25, 0.3) is 0 Å². The third kappa shape index (κ3) is 1.90. The van der Waals surface area contributed by atoms with Crippen LogP contribution in [-0.2, 0) is 4.79 Å². The second kappa shape index (κ2) is 2.84. The van der Waals surface area contributed by atoms with Gasteiger partial charge in [0.1, 0.15) is 6.29 Å². The van der Waals surface area contributed by atoms with Crippen molar-refractivity contribution in [1.82, 2.24) is 0 Å². The van der Waals surface area contributed by atoms with Gasteiger partial charge in [0.15, 0.2) is 0 Å². The smallest absolute Gasteiger partial charge is 0.145 e. The van der Waals surface area contributed by atoms with E-state index in [1.807, 2.05) is 5.70 Å². The lowest BCUT2D eigenvalue weighted by Gasteiger charge is -1.73. The van der Waals surface area contributed by atoms with Crippen LogP contribution in [0.1, 0.15) is 6.92 Å². The minimum absolute atomic E-state index is 0.849. The Morgan fingerprint density at radius 1 is 1.83 bits per heavy atom. The SMILES string of the molecule is CC(C=O)=C[SiH3]. The summed E-state index contributed by atoms with van der Waals surface area (Å²) in [4.78, 5) is 9.69. The van der Waals surface area contributed by atoms with Crippen molar-refractivity contribution < 1.29 is 4.79 Å². The number of carbonyl (C=O) groups is 1. The maximum absolute atomic E-state index is 9.69. The van der Waals surface area contributed by atoms with Gasteiger partial charge in [-0.15, -0.1) is 0 Å². The molecule has 0 unspecified atom stereocenters. The fraction of sp³-hybridized carbons (Fsp3) is 0.250. The molecule has 0 aliphatic carbocycles. The van der Waals surface area contributed by atoms with Gasteiger partial charge in [-0.3, -0.25) is 4.79 Å². The van der Waals surface area contributed by atoms with Gasteiger partial charge >= 0.3 is 0 Å². The van der Waals surface area contributed by atoms with E-state index < -0.39 is 0 Å². The summed E-state index contributed by atoms with van der Waals surface area (Å²) in [5.41, 5.74) is 2.76. The molecular weight excluding hydrogens is 92.1 g/mol. The van der Waals surface area contributed by atoms with E-state index in [9.17, 15) is 4.79 Å². The standard InChI is InChI=1S/C4H8OSi/c1-4(2-5)3-6/h2-3H,1,6H3. The fourth-order valence-electron chi connectivity index (χ4n) is 0.0680. The van der Waals surface area contributed by atoms with Gasteiger partial charge in [-0.1, -0.05) is 5.70 Å².